The van der Waals surface area contributed by atoms with E-state index < -0.39 is 42.3 Å². The minimum Gasteiger partial charge on any atom is -0.394 e. The molecule has 0 aliphatic carbocycles. The molecule has 23 heavy (non-hydrogen) atoms. The summed E-state index contributed by atoms with van der Waals surface area (Å²) < 4.78 is 6.24. The molecule has 0 spiro atoms. The Labute approximate surface area is 158 Å². The van der Waals surface area contributed by atoms with Crippen LogP contribution in [0.15, 0.2) is 20.4 Å². The first-order valence-electron chi connectivity index (χ1n) is 6.23. The summed E-state index contributed by atoms with van der Waals surface area (Å²) in [5.74, 6) is 0. The van der Waals surface area contributed by atoms with Crippen LogP contribution in [0.3, 0.4) is 0 Å². The number of aliphatic hydroxyl groups excluding tert-OH is 3. The number of nitrogens with one attached hydrogen (secondary N) is 1. The molecule has 118 valence electrons. The first-order chi connectivity index (χ1) is 10.4. The van der Waals surface area contributed by atoms with E-state index in [1.807, 2.05) is 0 Å². The second-order valence-electron chi connectivity index (χ2n) is 4.73. The van der Waals surface area contributed by atoms with Crippen molar-refractivity contribution in [3.8, 4) is 0 Å². The summed E-state index contributed by atoms with van der Waals surface area (Å²) in [7, 11) is 0. The Morgan fingerprint density at radius 3 is 2.61 bits per heavy atom. The molecular formula is C11H11BrN4NaO6+. The first-order valence-corrected chi connectivity index (χ1v) is 7.03. The van der Waals surface area contributed by atoms with Crippen LogP contribution in [0.25, 0.3) is 11.0 Å². The van der Waals surface area contributed by atoms with Crippen molar-refractivity contribution < 1.29 is 49.6 Å². The van der Waals surface area contributed by atoms with Crippen molar-refractivity contribution in [2.75, 3.05) is 6.61 Å². The Morgan fingerprint density at radius 1 is 1.30 bits per heavy atom. The van der Waals surface area contributed by atoms with Crippen LogP contribution in [-0.4, -0.2) is 60.0 Å². The number of ether oxygens (including phenoxy) is 1. The molecule has 10 nitrogen and oxygen atoms in total. The maximum atomic E-state index is 12.4. The van der Waals surface area contributed by atoms with Crippen LogP contribution in [0.5, 0.6) is 0 Å². The van der Waals surface area contributed by atoms with Gasteiger partial charge in [-0.3, -0.25) is 14.7 Å². The van der Waals surface area contributed by atoms with Crippen molar-refractivity contribution in [2.45, 2.75) is 24.5 Å². The molecule has 0 radical (unpaired) electrons. The van der Waals surface area contributed by atoms with Gasteiger partial charge in [0.25, 0.3) is 11.1 Å². The van der Waals surface area contributed by atoms with E-state index in [1.165, 1.54) is 6.20 Å². The normalized spacial score (nSPS) is 27.1. The third kappa shape index (κ3) is 3.15. The van der Waals surface area contributed by atoms with E-state index in [-0.39, 0.29) is 45.2 Å². The molecule has 2 aromatic rings. The quantitative estimate of drug-likeness (QED) is 0.367. The molecule has 1 saturated heterocycles. The third-order valence-electron chi connectivity index (χ3n) is 3.37. The van der Waals surface area contributed by atoms with Gasteiger partial charge in [0, 0.05) is 0 Å². The Balaban J connectivity index is 0.00000192. The van der Waals surface area contributed by atoms with E-state index in [9.17, 15) is 19.8 Å². The molecule has 4 N–H and O–H groups in total. The summed E-state index contributed by atoms with van der Waals surface area (Å²) in [6, 6.07) is 0. The molecule has 0 amide bonds. The molecule has 1 aliphatic heterocycles. The maximum absolute atomic E-state index is 12.4. The van der Waals surface area contributed by atoms with Gasteiger partial charge in [-0.25, -0.2) is 14.6 Å². The average molecular weight is 398 g/mol. The molecule has 3 heterocycles. The topological polar surface area (TPSA) is 151 Å². The summed E-state index contributed by atoms with van der Waals surface area (Å²) in [6.07, 6.45) is -4.04. The maximum Gasteiger partial charge on any atom is 1.00 e. The van der Waals surface area contributed by atoms with Gasteiger partial charge in [0.1, 0.15) is 22.9 Å². The summed E-state index contributed by atoms with van der Waals surface area (Å²) in [6.45, 7) is -0.548. The van der Waals surface area contributed by atoms with Crippen LogP contribution >= 0.6 is 15.9 Å². The van der Waals surface area contributed by atoms with Crippen LogP contribution in [0.4, 0.5) is 0 Å². The fourth-order valence-electron chi connectivity index (χ4n) is 2.28. The van der Waals surface area contributed by atoms with Gasteiger partial charge in [-0.1, -0.05) is 0 Å². The van der Waals surface area contributed by atoms with Gasteiger partial charge < -0.3 is 20.1 Å². The van der Waals surface area contributed by atoms with Gasteiger partial charge in [0.15, 0.2) is 17.3 Å². The standard InChI is InChI=1S/C11H11BrN4O6.Na/c12-4-1-13-6-5(14-4)9(20)15-16(10(6)21)11-8(19)7(18)3(2-17)22-11;/h1,3,7-8,11,17-19H,2H2,(H,15,20);/q;+1/t3-,7-,8-,11-;/m1./s1. The fraction of sp³-hybridized carbons (Fsp3) is 0.455. The number of aromatic nitrogens is 4. The zero-order valence-corrected chi connectivity index (χ0v) is 15.5. The van der Waals surface area contributed by atoms with Gasteiger partial charge in [-0.2, -0.15) is 0 Å². The minimum absolute atomic E-state index is 0. The van der Waals surface area contributed by atoms with E-state index >= 15 is 0 Å². The summed E-state index contributed by atoms with van der Waals surface area (Å²) in [5.41, 5.74) is -1.82. The number of aromatic amines is 1. The van der Waals surface area contributed by atoms with Crippen molar-refractivity contribution in [3.63, 3.8) is 0 Å². The number of aliphatic hydroxyl groups is 3. The molecular weight excluding hydrogens is 387 g/mol. The van der Waals surface area contributed by atoms with Gasteiger partial charge in [-0.05, 0) is 15.9 Å². The summed E-state index contributed by atoms with van der Waals surface area (Å²) in [4.78, 5) is 32.1. The second-order valence-corrected chi connectivity index (χ2v) is 5.55. The molecule has 0 bridgehead atoms. The largest absolute Gasteiger partial charge is 1.00 e. The number of hydrogen-bond donors (Lipinski definition) is 4. The predicted molar refractivity (Wildman–Crippen MR) is 75.1 cm³/mol. The average Bonchev–Trinajstić information content (AvgIpc) is 2.78. The van der Waals surface area contributed by atoms with Gasteiger partial charge >= 0.3 is 29.6 Å². The van der Waals surface area contributed by atoms with Gasteiger partial charge in [0.2, 0.25) is 0 Å². The monoisotopic (exact) mass is 397 g/mol. The van der Waals surface area contributed by atoms with E-state index in [1.54, 1.807) is 0 Å². The Hall–Kier alpha value is -0.660. The van der Waals surface area contributed by atoms with Crippen LogP contribution in [0.2, 0.25) is 0 Å². The van der Waals surface area contributed by atoms with Crippen molar-refractivity contribution in [1.82, 2.24) is 19.7 Å². The van der Waals surface area contributed by atoms with E-state index in [4.69, 9.17) is 9.84 Å². The summed E-state index contributed by atoms with van der Waals surface area (Å²) >= 11 is 3.05. The van der Waals surface area contributed by atoms with Crippen molar-refractivity contribution in [2.24, 2.45) is 0 Å². The Bertz CT molecular complexity index is 841. The molecule has 0 aromatic carbocycles. The van der Waals surface area contributed by atoms with Crippen LogP contribution in [-0.2, 0) is 4.74 Å². The number of halogens is 1. The fourth-order valence-corrected chi connectivity index (χ4v) is 2.56. The zero-order valence-electron chi connectivity index (χ0n) is 11.9. The zero-order chi connectivity index (χ0) is 16.0. The number of hydrogen-bond acceptors (Lipinski definition) is 8. The number of H-pyrrole nitrogens is 1. The number of rotatable bonds is 2. The van der Waals surface area contributed by atoms with Crippen LogP contribution < -0.4 is 40.7 Å². The minimum atomic E-state index is -1.49. The Kier molecular flexibility index (Phi) is 5.74. The van der Waals surface area contributed by atoms with Gasteiger partial charge in [0.05, 0.1) is 12.8 Å². The molecule has 12 heteroatoms. The summed E-state index contributed by atoms with van der Waals surface area (Å²) in [5, 5.41) is 30.9. The molecule has 1 fully saturated rings. The predicted octanol–water partition coefficient (Wildman–Crippen LogP) is -5.14. The molecule has 4 atom stereocenters. The van der Waals surface area contributed by atoms with E-state index in [0.717, 1.165) is 4.68 Å². The molecule has 0 saturated carbocycles. The number of fused-ring (bicyclic) bond motifs is 1. The SMILES string of the molecule is O=c1[nH]n([C@@H]2O[C@H](CO)[C@@H](O)[C@H]2O)c(=O)c2ncc(Br)nc12.[Na+]. The van der Waals surface area contributed by atoms with E-state index in [0.29, 0.717) is 0 Å². The third-order valence-corrected chi connectivity index (χ3v) is 3.76. The van der Waals surface area contributed by atoms with Crippen molar-refractivity contribution in [3.05, 3.63) is 31.5 Å². The molecule has 2 aromatic heterocycles. The second kappa shape index (κ2) is 7.07. The smallest absolute Gasteiger partial charge is 0.394 e. The first kappa shape index (κ1) is 18.7. The molecule has 1 aliphatic rings. The number of nitrogens with zero attached hydrogens (tertiary/aromatic N) is 3. The van der Waals surface area contributed by atoms with Crippen molar-refractivity contribution in [1.29, 1.82) is 0 Å². The van der Waals surface area contributed by atoms with Crippen LogP contribution in [0.1, 0.15) is 6.23 Å². The molecule has 3 rings (SSSR count). The molecule has 0 unspecified atom stereocenters. The van der Waals surface area contributed by atoms with Crippen LogP contribution in [0, 0.1) is 0 Å². The van der Waals surface area contributed by atoms with E-state index in [2.05, 4.69) is 31.0 Å². The Morgan fingerprint density at radius 2 is 2.00 bits per heavy atom. The van der Waals surface area contributed by atoms with Crippen molar-refractivity contribution >= 4 is 27.0 Å². The van der Waals surface area contributed by atoms with Gasteiger partial charge in [-0.15, -0.1) is 0 Å².